The third-order valence-electron chi connectivity index (χ3n) is 12.6. The van der Waals surface area contributed by atoms with Gasteiger partial charge in [0.1, 0.15) is 55.4 Å². The minimum absolute atomic E-state index is 0.122. The molecule has 0 aromatic rings. The minimum atomic E-state index is -1.77. The number of aliphatic hydroxyl groups excluding tert-OH is 7. The van der Waals surface area contributed by atoms with Crippen LogP contribution in [0.1, 0.15) is 194 Å². The lowest BCUT2D eigenvalue weighted by molar-refractivity contribution is -0.332. The topological polar surface area (TPSA) is 231 Å². The highest BCUT2D eigenvalue weighted by atomic mass is 16.7. The third kappa shape index (κ3) is 27.9. The van der Waals surface area contributed by atoms with Gasteiger partial charge in [-0.15, -0.1) is 0 Å². The molecule has 0 aliphatic carbocycles. The van der Waals surface area contributed by atoms with Crippen molar-refractivity contribution in [3.05, 3.63) is 36.5 Å². The van der Waals surface area contributed by atoms with Gasteiger partial charge in [0.25, 0.3) is 0 Å². The number of allylic oxidation sites excluding steroid dienone is 6. The van der Waals surface area contributed by atoms with Gasteiger partial charge < -0.3 is 64.2 Å². The molecule has 0 radical (unpaired) electrons. The second-order valence-corrected chi connectivity index (χ2v) is 18.7. The Hall–Kier alpha value is -2.28. The van der Waals surface area contributed by atoms with Crippen LogP contribution in [0, 0.1) is 0 Å². The molecule has 68 heavy (non-hydrogen) atoms. The number of rotatable bonds is 41. The summed E-state index contributed by atoms with van der Waals surface area (Å²) in [5.41, 5.74) is 0. The maximum atomic E-state index is 13.0. The lowest BCUT2D eigenvalue weighted by Gasteiger charge is -2.42. The van der Waals surface area contributed by atoms with Crippen molar-refractivity contribution in [1.29, 1.82) is 0 Å². The van der Waals surface area contributed by atoms with Crippen molar-refractivity contribution in [1.82, 2.24) is 0 Å². The lowest BCUT2D eigenvalue weighted by Crippen LogP contribution is -2.61. The molecule has 0 bridgehead atoms. The Morgan fingerprint density at radius 1 is 0.471 bits per heavy atom. The van der Waals surface area contributed by atoms with Crippen molar-refractivity contribution in [2.24, 2.45) is 0 Å². The van der Waals surface area contributed by atoms with Crippen LogP contribution in [0.3, 0.4) is 0 Å². The van der Waals surface area contributed by atoms with Gasteiger partial charge in [0, 0.05) is 12.8 Å². The monoisotopic (exact) mass is 971 g/mol. The molecule has 2 fully saturated rings. The number of carbonyl (C=O) groups is 2. The van der Waals surface area contributed by atoms with Gasteiger partial charge in [0.15, 0.2) is 18.7 Å². The molecule has 2 heterocycles. The molecule has 15 heteroatoms. The molecule has 7 N–H and O–H groups in total. The Kier molecular flexibility index (Phi) is 36.7. The smallest absolute Gasteiger partial charge is 0.306 e. The highest BCUT2D eigenvalue weighted by Crippen LogP contribution is 2.26. The van der Waals surface area contributed by atoms with Crippen molar-refractivity contribution in [3.63, 3.8) is 0 Å². The average Bonchev–Trinajstić information content (AvgIpc) is 3.33. The number of ether oxygens (including phenoxy) is 6. The summed E-state index contributed by atoms with van der Waals surface area (Å²) in [7, 11) is 0. The molecule has 2 rings (SSSR count). The number of hydrogen-bond donors (Lipinski definition) is 7. The van der Waals surface area contributed by atoms with Gasteiger partial charge >= 0.3 is 11.9 Å². The third-order valence-corrected chi connectivity index (χ3v) is 12.6. The minimum Gasteiger partial charge on any atom is -0.462 e. The Morgan fingerprint density at radius 3 is 1.41 bits per heavy atom. The number of hydrogen-bond acceptors (Lipinski definition) is 15. The Balaban J connectivity index is 1.81. The van der Waals surface area contributed by atoms with Gasteiger partial charge in [0.05, 0.1) is 19.8 Å². The fourth-order valence-corrected chi connectivity index (χ4v) is 8.18. The van der Waals surface area contributed by atoms with E-state index in [4.69, 9.17) is 28.4 Å². The standard InChI is InChI=1S/C53H94O15/c1-3-5-7-9-11-13-15-17-19-20-22-23-25-27-29-31-33-35-44(55)63-38-41(66-45(56)36-34-32-30-28-26-24-21-18-16-14-12-10-8-6-4-2)39-64-52-51(62)49(60)47(58)43(68-52)40-65-53-50(61)48(59)46(57)42(37-54)67-53/h17-19,21,26,28,41-43,46-54,57-62H,3-16,20,22-25,27,29-40H2,1-2H3/b19-17+,21-18+,28-26+/t41-,42+,43+,46-,47-,48?,49?,50?,51?,52+,53+/m0/s1. The predicted molar refractivity (Wildman–Crippen MR) is 261 cm³/mol. The normalized spacial score (nSPS) is 26.0. The molecule has 0 aromatic heterocycles. The quantitative estimate of drug-likeness (QED) is 0.0177. The van der Waals surface area contributed by atoms with Crippen LogP contribution < -0.4 is 0 Å². The average molecular weight is 971 g/mol. The van der Waals surface area contributed by atoms with E-state index in [1.54, 1.807) is 0 Å². The maximum absolute atomic E-state index is 13.0. The van der Waals surface area contributed by atoms with Gasteiger partial charge in [-0.2, -0.15) is 0 Å². The van der Waals surface area contributed by atoms with E-state index in [2.05, 4.69) is 50.3 Å². The molecule has 2 aliphatic rings. The summed E-state index contributed by atoms with van der Waals surface area (Å²) < 4.78 is 33.6. The van der Waals surface area contributed by atoms with E-state index in [0.717, 1.165) is 57.8 Å². The second kappa shape index (κ2) is 40.3. The predicted octanol–water partition coefficient (Wildman–Crippen LogP) is 7.71. The zero-order valence-electron chi connectivity index (χ0n) is 41.8. The van der Waals surface area contributed by atoms with E-state index in [1.165, 1.54) is 96.3 Å². The molecule has 11 atom stereocenters. The van der Waals surface area contributed by atoms with Crippen molar-refractivity contribution in [3.8, 4) is 0 Å². The first kappa shape index (κ1) is 61.8. The summed E-state index contributed by atoms with van der Waals surface area (Å²) in [5.74, 6) is -0.965. The Morgan fingerprint density at radius 2 is 0.882 bits per heavy atom. The molecule has 396 valence electrons. The van der Waals surface area contributed by atoms with E-state index in [9.17, 15) is 45.3 Å². The Labute approximate surface area is 408 Å². The van der Waals surface area contributed by atoms with Crippen molar-refractivity contribution in [2.45, 2.75) is 261 Å². The van der Waals surface area contributed by atoms with E-state index >= 15 is 0 Å². The summed E-state index contributed by atoms with van der Waals surface area (Å²) in [6.07, 6.45) is 26.0. The summed E-state index contributed by atoms with van der Waals surface area (Å²) in [4.78, 5) is 25.8. The van der Waals surface area contributed by atoms with Crippen LogP contribution in [0.2, 0.25) is 0 Å². The summed E-state index contributed by atoms with van der Waals surface area (Å²) in [6, 6.07) is 0. The number of unbranched alkanes of at least 4 members (excludes halogenated alkanes) is 21. The van der Waals surface area contributed by atoms with Crippen molar-refractivity contribution in [2.75, 3.05) is 26.4 Å². The van der Waals surface area contributed by atoms with Gasteiger partial charge in [-0.25, -0.2) is 0 Å². The SMILES string of the molecule is CCCCCCCC/C=C/C/C=C/CCCCC(=O)O[C@@H](COC(=O)CCCCCCCCC/C=C/CCCCCCCC)CO[C@@H]1O[C@H](CO[C@@H]2O[C@H](CO)[C@H](O)C(O)C2O)[C@H](O)C(O)C1O. The van der Waals surface area contributed by atoms with Gasteiger partial charge in [-0.1, -0.05) is 147 Å². The van der Waals surface area contributed by atoms with Crippen LogP contribution in [0.4, 0.5) is 0 Å². The molecule has 2 saturated heterocycles. The van der Waals surface area contributed by atoms with E-state index in [-0.39, 0.29) is 19.4 Å². The first-order valence-electron chi connectivity index (χ1n) is 26.6. The molecule has 2 aliphatic heterocycles. The molecule has 4 unspecified atom stereocenters. The molecule has 0 aromatic carbocycles. The van der Waals surface area contributed by atoms with Gasteiger partial charge in [0.2, 0.25) is 0 Å². The van der Waals surface area contributed by atoms with Crippen molar-refractivity contribution < 1.29 is 73.8 Å². The molecular formula is C53H94O15. The molecule has 0 spiro atoms. The number of aliphatic hydroxyl groups is 7. The summed E-state index contributed by atoms with van der Waals surface area (Å²) in [6.45, 7) is 2.55. The second-order valence-electron chi connectivity index (χ2n) is 18.7. The highest BCUT2D eigenvalue weighted by Gasteiger charge is 2.47. The zero-order valence-corrected chi connectivity index (χ0v) is 41.8. The molecule has 15 nitrogen and oxygen atoms in total. The lowest BCUT2D eigenvalue weighted by atomic mass is 9.98. The first-order chi connectivity index (χ1) is 33.0. The van der Waals surface area contributed by atoms with Crippen LogP contribution >= 0.6 is 0 Å². The van der Waals surface area contributed by atoms with Gasteiger partial charge in [-0.3, -0.25) is 9.59 Å². The summed E-state index contributed by atoms with van der Waals surface area (Å²) in [5, 5.41) is 72.1. The number of esters is 2. The number of carbonyl (C=O) groups excluding carboxylic acids is 2. The fourth-order valence-electron chi connectivity index (χ4n) is 8.18. The van der Waals surface area contributed by atoms with Crippen LogP contribution in [-0.4, -0.2) is 142 Å². The van der Waals surface area contributed by atoms with Crippen LogP contribution in [0.15, 0.2) is 36.5 Å². The van der Waals surface area contributed by atoms with E-state index < -0.39 is 99.3 Å². The van der Waals surface area contributed by atoms with Gasteiger partial charge in [-0.05, 0) is 70.6 Å². The van der Waals surface area contributed by atoms with Crippen molar-refractivity contribution >= 4 is 11.9 Å². The fraction of sp³-hybridized carbons (Fsp3) is 0.849. The Bertz CT molecular complexity index is 1330. The zero-order chi connectivity index (χ0) is 49.6. The highest BCUT2D eigenvalue weighted by molar-refractivity contribution is 5.70. The first-order valence-corrected chi connectivity index (χ1v) is 26.6. The molecule has 0 saturated carbocycles. The van der Waals surface area contributed by atoms with Crippen LogP contribution in [0.5, 0.6) is 0 Å². The summed E-state index contributed by atoms with van der Waals surface area (Å²) >= 11 is 0. The maximum Gasteiger partial charge on any atom is 0.306 e. The van der Waals surface area contributed by atoms with Crippen LogP contribution in [0.25, 0.3) is 0 Å². The molecule has 0 amide bonds. The van der Waals surface area contributed by atoms with Crippen LogP contribution in [-0.2, 0) is 38.0 Å². The molecular weight excluding hydrogens is 877 g/mol. The van der Waals surface area contributed by atoms with E-state index in [0.29, 0.717) is 12.8 Å². The largest absolute Gasteiger partial charge is 0.462 e. The van der Waals surface area contributed by atoms with E-state index in [1.807, 2.05) is 0 Å².